The number of carbonyl (C=O) groups is 3. The number of ether oxygens (including phenoxy) is 1. The monoisotopic (exact) mass is 465 g/mol. The number of alkyl carbamates (subject to hydrolysis) is 1. The Kier molecular flexibility index (Phi) is 8.84. The number of hydrogen-bond acceptors (Lipinski definition) is 4. The lowest BCUT2D eigenvalue weighted by Gasteiger charge is -2.24. The van der Waals surface area contributed by atoms with Crippen molar-refractivity contribution in [2.45, 2.75) is 45.1 Å². The van der Waals surface area contributed by atoms with Gasteiger partial charge in [0.15, 0.2) is 0 Å². The fraction of sp³-hybridized carbons (Fsp3) is 0.348. The minimum absolute atomic E-state index is 0.00142. The number of amides is 3. The predicted molar refractivity (Wildman–Crippen MR) is 115 cm³/mol. The van der Waals surface area contributed by atoms with Crippen molar-refractivity contribution in [1.82, 2.24) is 10.6 Å². The first-order chi connectivity index (χ1) is 15.5. The van der Waals surface area contributed by atoms with Crippen LogP contribution in [0.1, 0.15) is 30.5 Å². The molecule has 0 fully saturated rings. The molecule has 3 amide bonds. The number of hydrogen-bond donors (Lipinski definition) is 3. The van der Waals surface area contributed by atoms with E-state index in [1.807, 2.05) is 6.07 Å². The molecule has 7 nitrogen and oxygen atoms in total. The normalized spacial score (nSPS) is 13.2. The van der Waals surface area contributed by atoms with Gasteiger partial charge in [0, 0.05) is 6.42 Å². The Labute approximate surface area is 189 Å². The van der Waals surface area contributed by atoms with Crippen LogP contribution in [0.25, 0.3) is 0 Å². The Morgan fingerprint density at radius 1 is 0.970 bits per heavy atom. The van der Waals surface area contributed by atoms with Crippen molar-refractivity contribution in [3.8, 4) is 0 Å². The van der Waals surface area contributed by atoms with E-state index in [9.17, 15) is 27.6 Å². The predicted octanol–water partition coefficient (Wildman–Crippen LogP) is 3.17. The van der Waals surface area contributed by atoms with E-state index in [0.29, 0.717) is 0 Å². The van der Waals surface area contributed by atoms with Crippen molar-refractivity contribution in [3.63, 3.8) is 0 Å². The summed E-state index contributed by atoms with van der Waals surface area (Å²) < 4.78 is 44.0. The third-order valence-corrected chi connectivity index (χ3v) is 4.79. The number of benzene rings is 2. The van der Waals surface area contributed by atoms with Gasteiger partial charge in [-0.15, -0.1) is 0 Å². The first kappa shape index (κ1) is 25.7. The van der Waals surface area contributed by atoms with Gasteiger partial charge in [-0.05, 0) is 23.1 Å². The maximum absolute atomic E-state index is 12.9. The standard InChI is InChI=1S/C23H26F3N3O4/c1-14(2)19(29-22(32)33-13-15-7-4-3-5-8-15)21(31)28-18(20(27)30)12-16-9-6-10-17(11-16)23(24,25)26/h3-11,14,18-19H,12-13H2,1-2H3,(H2,27,30)(H,28,31)(H,29,32)/t18-,19+/m1/s1. The van der Waals surface area contributed by atoms with Gasteiger partial charge in [-0.2, -0.15) is 13.2 Å². The molecule has 4 N–H and O–H groups in total. The number of primary amides is 1. The molecule has 0 heterocycles. The molecule has 178 valence electrons. The zero-order valence-corrected chi connectivity index (χ0v) is 18.2. The van der Waals surface area contributed by atoms with Gasteiger partial charge in [0.1, 0.15) is 18.7 Å². The van der Waals surface area contributed by atoms with E-state index >= 15 is 0 Å². The molecule has 0 aliphatic heterocycles. The third-order valence-electron chi connectivity index (χ3n) is 4.79. The minimum atomic E-state index is -4.55. The molecule has 0 aliphatic rings. The summed E-state index contributed by atoms with van der Waals surface area (Å²) in [6.07, 6.45) is -5.62. The Bertz CT molecular complexity index is 965. The summed E-state index contributed by atoms with van der Waals surface area (Å²) in [6, 6.07) is 11.0. The van der Waals surface area contributed by atoms with Gasteiger partial charge in [-0.1, -0.05) is 62.4 Å². The first-order valence-corrected chi connectivity index (χ1v) is 10.2. The first-order valence-electron chi connectivity index (χ1n) is 10.2. The van der Waals surface area contributed by atoms with Crippen LogP contribution in [0.5, 0.6) is 0 Å². The highest BCUT2D eigenvalue weighted by atomic mass is 19.4. The fourth-order valence-electron chi connectivity index (χ4n) is 3.02. The van der Waals surface area contributed by atoms with Gasteiger partial charge in [0.05, 0.1) is 5.56 Å². The van der Waals surface area contributed by atoms with Gasteiger partial charge in [-0.25, -0.2) is 4.79 Å². The van der Waals surface area contributed by atoms with Gasteiger partial charge < -0.3 is 21.1 Å². The molecule has 0 bridgehead atoms. The highest BCUT2D eigenvalue weighted by molar-refractivity contribution is 5.91. The Morgan fingerprint density at radius 3 is 2.18 bits per heavy atom. The molecule has 33 heavy (non-hydrogen) atoms. The summed E-state index contributed by atoms with van der Waals surface area (Å²) in [7, 11) is 0. The largest absolute Gasteiger partial charge is 0.445 e. The number of alkyl halides is 3. The van der Waals surface area contributed by atoms with Crippen LogP contribution < -0.4 is 16.4 Å². The fourth-order valence-corrected chi connectivity index (χ4v) is 3.02. The molecule has 0 radical (unpaired) electrons. The Hall–Kier alpha value is -3.56. The van der Waals surface area contributed by atoms with Crippen molar-refractivity contribution < 1.29 is 32.3 Å². The lowest BCUT2D eigenvalue weighted by Crippen LogP contribution is -2.55. The van der Waals surface area contributed by atoms with Gasteiger partial charge in [0.25, 0.3) is 0 Å². The summed E-state index contributed by atoms with van der Waals surface area (Å²) in [5.41, 5.74) is 5.41. The summed E-state index contributed by atoms with van der Waals surface area (Å²) >= 11 is 0. The number of nitrogens with one attached hydrogen (secondary N) is 2. The van der Waals surface area contributed by atoms with E-state index in [1.165, 1.54) is 12.1 Å². The molecule has 2 aromatic rings. The van der Waals surface area contributed by atoms with E-state index in [0.717, 1.165) is 17.7 Å². The van der Waals surface area contributed by atoms with Gasteiger partial charge >= 0.3 is 12.3 Å². The maximum atomic E-state index is 12.9. The van der Waals surface area contributed by atoms with Crippen LogP contribution in [0.3, 0.4) is 0 Å². The van der Waals surface area contributed by atoms with Crippen LogP contribution in [-0.4, -0.2) is 30.0 Å². The van der Waals surface area contributed by atoms with Crippen molar-refractivity contribution in [3.05, 3.63) is 71.3 Å². The van der Waals surface area contributed by atoms with Crippen LogP contribution in [-0.2, 0) is 33.5 Å². The molecular formula is C23H26F3N3O4. The Balaban J connectivity index is 2.03. The number of rotatable bonds is 9. The average molecular weight is 465 g/mol. The lowest BCUT2D eigenvalue weighted by atomic mass is 10.0. The van der Waals surface area contributed by atoms with Crippen molar-refractivity contribution in [2.24, 2.45) is 11.7 Å². The third kappa shape index (κ3) is 8.13. The van der Waals surface area contributed by atoms with Gasteiger partial charge in [-0.3, -0.25) is 9.59 Å². The zero-order chi connectivity index (χ0) is 24.6. The van der Waals surface area contributed by atoms with E-state index in [1.54, 1.807) is 38.1 Å². The second-order valence-electron chi connectivity index (χ2n) is 7.79. The minimum Gasteiger partial charge on any atom is -0.445 e. The molecule has 0 unspecified atom stereocenters. The second-order valence-corrected chi connectivity index (χ2v) is 7.79. The zero-order valence-electron chi connectivity index (χ0n) is 18.2. The quantitative estimate of drug-likeness (QED) is 0.528. The van der Waals surface area contributed by atoms with Crippen molar-refractivity contribution in [2.75, 3.05) is 0 Å². The van der Waals surface area contributed by atoms with Crippen LogP contribution >= 0.6 is 0 Å². The molecular weight excluding hydrogens is 439 g/mol. The molecule has 10 heteroatoms. The van der Waals surface area contributed by atoms with Gasteiger partial charge in [0.2, 0.25) is 11.8 Å². The molecule has 2 rings (SSSR count). The molecule has 0 saturated heterocycles. The van der Waals surface area contributed by atoms with Crippen LogP contribution in [0.2, 0.25) is 0 Å². The topological polar surface area (TPSA) is 111 Å². The molecule has 2 aromatic carbocycles. The molecule has 0 aliphatic carbocycles. The van der Waals surface area contributed by atoms with Crippen LogP contribution in [0, 0.1) is 5.92 Å². The number of halogens is 3. The summed E-state index contributed by atoms with van der Waals surface area (Å²) in [5, 5.41) is 4.87. The van der Waals surface area contributed by atoms with E-state index in [4.69, 9.17) is 10.5 Å². The summed E-state index contributed by atoms with van der Waals surface area (Å²) in [6.45, 7) is 3.35. The van der Waals surface area contributed by atoms with Crippen LogP contribution in [0.15, 0.2) is 54.6 Å². The average Bonchev–Trinajstić information content (AvgIpc) is 2.75. The van der Waals surface area contributed by atoms with Crippen LogP contribution in [0.4, 0.5) is 18.0 Å². The van der Waals surface area contributed by atoms with Crippen molar-refractivity contribution >= 4 is 17.9 Å². The lowest BCUT2D eigenvalue weighted by molar-refractivity contribution is -0.137. The summed E-state index contributed by atoms with van der Waals surface area (Å²) in [4.78, 5) is 36.8. The Morgan fingerprint density at radius 2 is 1.61 bits per heavy atom. The molecule has 2 atom stereocenters. The molecule has 0 saturated carbocycles. The number of nitrogens with two attached hydrogens (primary N) is 1. The van der Waals surface area contributed by atoms with Crippen molar-refractivity contribution in [1.29, 1.82) is 0 Å². The van der Waals surface area contributed by atoms with E-state index in [2.05, 4.69) is 10.6 Å². The maximum Gasteiger partial charge on any atom is 0.416 e. The molecule has 0 spiro atoms. The molecule has 0 aromatic heterocycles. The van der Waals surface area contributed by atoms with E-state index in [-0.39, 0.29) is 24.5 Å². The SMILES string of the molecule is CC(C)[C@H](NC(=O)OCc1ccccc1)C(=O)N[C@H](Cc1cccc(C(F)(F)F)c1)C(N)=O. The highest BCUT2D eigenvalue weighted by Crippen LogP contribution is 2.29. The number of carbonyl (C=O) groups excluding carboxylic acids is 3. The highest BCUT2D eigenvalue weighted by Gasteiger charge is 2.32. The van der Waals surface area contributed by atoms with E-state index < -0.39 is 41.7 Å². The second kappa shape index (κ2) is 11.3. The summed E-state index contributed by atoms with van der Waals surface area (Å²) in [5.74, 6) is -2.01. The smallest absolute Gasteiger partial charge is 0.416 e.